The molecule has 0 bridgehead atoms. The first kappa shape index (κ1) is 9.35. The molecule has 1 aromatic heterocycles. The van der Waals surface area contributed by atoms with Crippen LogP contribution in [0.15, 0.2) is 5.38 Å². The fraction of sp³-hybridized carbons (Fsp3) is 0.667. The topological polar surface area (TPSA) is 36.7 Å². The first-order valence-electron chi connectivity index (χ1n) is 5.71. The lowest BCUT2D eigenvalue weighted by Crippen LogP contribution is -2.02. The molecule has 0 aliphatic heterocycles. The summed E-state index contributed by atoms with van der Waals surface area (Å²) in [5, 5.41) is 12.4. The summed E-state index contributed by atoms with van der Waals surface area (Å²) in [5.74, 6) is 0.685. The Labute approximate surface area is 94.0 Å². The van der Waals surface area contributed by atoms with Crippen molar-refractivity contribution in [3.05, 3.63) is 16.1 Å². The molecule has 2 nitrogen and oxygen atoms in total. The van der Waals surface area contributed by atoms with Crippen LogP contribution < -0.4 is 0 Å². The Balaban J connectivity index is 1.85. The van der Waals surface area contributed by atoms with Crippen LogP contribution in [0.2, 0.25) is 0 Å². The third kappa shape index (κ3) is 1.48. The van der Waals surface area contributed by atoms with Gasteiger partial charge in [0.25, 0.3) is 0 Å². The minimum atomic E-state index is -0.179. The number of hydrogen-bond donors (Lipinski definition) is 0. The number of thiazole rings is 1. The number of hydrogen-bond acceptors (Lipinski definition) is 3. The van der Waals surface area contributed by atoms with Gasteiger partial charge in [-0.1, -0.05) is 12.8 Å². The summed E-state index contributed by atoms with van der Waals surface area (Å²) in [7, 11) is 0. The van der Waals surface area contributed by atoms with Gasteiger partial charge < -0.3 is 0 Å². The van der Waals surface area contributed by atoms with Gasteiger partial charge in [-0.3, -0.25) is 0 Å². The first-order valence-corrected chi connectivity index (χ1v) is 6.59. The van der Waals surface area contributed by atoms with Gasteiger partial charge in [0.15, 0.2) is 0 Å². The minimum absolute atomic E-state index is 0.179. The van der Waals surface area contributed by atoms with E-state index in [1.807, 2.05) is 0 Å². The molecule has 0 atom stereocenters. The molecular weight excluding hydrogens is 204 g/mol. The molecule has 0 radical (unpaired) electrons. The molecule has 78 valence electrons. The van der Waals surface area contributed by atoms with Crippen molar-refractivity contribution >= 4 is 11.3 Å². The second-order valence-corrected chi connectivity index (χ2v) is 5.61. The van der Waals surface area contributed by atoms with Crippen molar-refractivity contribution in [3.8, 4) is 6.07 Å². The Bertz CT molecular complexity index is 406. The second-order valence-electron chi connectivity index (χ2n) is 4.75. The molecule has 3 rings (SSSR count). The summed E-state index contributed by atoms with van der Waals surface area (Å²) in [6, 6.07) is 2.42. The molecule has 0 N–H and O–H groups in total. The maximum absolute atomic E-state index is 9.10. The molecule has 2 saturated carbocycles. The Kier molecular flexibility index (Phi) is 2.07. The Hall–Kier alpha value is -0.880. The van der Waals surface area contributed by atoms with Gasteiger partial charge in [-0.25, -0.2) is 4.98 Å². The minimum Gasteiger partial charge on any atom is -0.244 e. The molecular formula is C12H14N2S. The maximum Gasteiger partial charge on any atom is 0.113 e. The molecule has 0 unspecified atom stereocenters. The van der Waals surface area contributed by atoms with Gasteiger partial charge in [0.05, 0.1) is 11.8 Å². The van der Waals surface area contributed by atoms with Gasteiger partial charge in [-0.05, 0) is 25.7 Å². The maximum atomic E-state index is 9.10. The third-order valence-corrected chi connectivity index (χ3v) is 4.73. The van der Waals surface area contributed by atoms with E-state index in [4.69, 9.17) is 10.2 Å². The number of rotatable bonds is 2. The Morgan fingerprint density at radius 1 is 1.40 bits per heavy atom. The van der Waals surface area contributed by atoms with Crippen LogP contribution in [-0.4, -0.2) is 4.98 Å². The normalized spacial score (nSPS) is 23.9. The molecule has 0 amide bonds. The summed E-state index contributed by atoms with van der Waals surface area (Å²) in [4.78, 5) is 4.69. The molecule has 0 saturated heterocycles. The highest BCUT2D eigenvalue weighted by atomic mass is 32.1. The van der Waals surface area contributed by atoms with Crippen molar-refractivity contribution in [2.75, 3.05) is 0 Å². The van der Waals surface area contributed by atoms with E-state index >= 15 is 0 Å². The van der Waals surface area contributed by atoms with Crippen LogP contribution in [0.25, 0.3) is 0 Å². The molecule has 2 aliphatic carbocycles. The highest BCUT2D eigenvalue weighted by Crippen LogP contribution is 2.49. The van der Waals surface area contributed by atoms with Crippen LogP contribution >= 0.6 is 11.3 Å². The lowest BCUT2D eigenvalue weighted by atomic mass is 10.1. The second kappa shape index (κ2) is 3.31. The van der Waals surface area contributed by atoms with Crippen molar-refractivity contribution in [2.24, 2.45) is 0 Å². The van der Waals surface area contributed by atoms with Crippen molar-refractivity contribution in [3.63, 3.8) is 0 Å². The van der Waals surface area contributed by atoms with Gasteiger partial charge in [-0.2, -0.15) is 5.26 Å². The SMILES string of the molecule is N#CC1(c2nc(C3CCCC3)cs2)CC1. The van der Waals surface area contributed by atoms with Crippen LogP contribution in [-0.2, 0) is 5.41 Å². The zero-order valence-corrected chi connectivity index (χ0v) is 9.52. The Morgan fingerprint density at radius 3 is 2.73 bits per heavy atom. The smallest absolute Gasteiger partial charge is 0.113 e. The average Bonchev–Trinajstić information content (AvgIpc) is 2.74. The van der Waals surface area contributed by atoms with Crippen LogP contribution in [0, 0.1) is 11.3 Å². The molecule has 2 fully saturated rings. The predicted molar refractivity (Wildman–Crippen MR) is 59.8 cm³/mol. The van der Waals surface area contributed by atoms with Crippen molar-refractivity contribution in [1.29, 1.82) is 5.26 Å². The molecule has 3 heteroatoms. The first-order chi connectivity index (χ1) is 7.34. The zero-order chi connectivity index (χ0) is 10.3. The summed E-state index contributed by atoms with van der Waals surface area (Å²) < 4.78 is 0. The number of nitrogens with zero attached hydrogens (tertiary/aromatic N) is 2. The van der Waals surface area contributed by atoms with Crippen molar-refractivity contribution in [1.82, 2.24) is 4.98 Å². The summed E-state index contributed by atoms with van der Waals surface area (Å²) in [6.07, 6.45) is 7.32. The van der Waals surface area contributed by atoms with Gasteiger partial charge in [0.2, 0.25) is 0 Å². The van der Waals surface area contributed by atoms with E-state index in [0.717, 1.165) is 17.8 Å². The van der Waals surface area contributed by atoms with E-state index in [-0.39, 0.29) is 5.41 Å². The van der Waals surface area contributed by atoms with Gasteiger partial charge in [0, 0.05) is 11.3 Å². The van der Waals surface area contributed by atoms with Crippen molar-refractivity contribution in [2.45, 2.75) is 49.9 Å². The standard InChI is InChI=1S/C12H14N2S/c13-8-12(5-6-12)11-14-10(7-15-11)9-3-1-2-4-9/h7,9H,1-6H2. The Morgan fingerprint density at radius 2 is 2.13 bits per heavy atom. The third-order valence-electron chi connectivity index (χ3n) is 3.67. The summed E-state index contributed by atoms with van der Waals surface area (Å²) in [5.41, 5.74) is 1.08. The van der Waals surface area contributed by atoms with E-state index in [1.165, 1.54) is 31.4 Å². The van der Waals surface area contributed by atoms with E-state index in [1.54, 1.807) is 11.3 Å². The van der Waals surface area contributed by atoms with Gasteiger partial charge in [-0.15, -0.1) is 11.3 Å². The number of nitriles is 1. The summed E-state index contributed by atoms with van der Waals surface area (Å²) >= 11 is 1.70. The van der Waals surface area contributed by atoms with Crippen LogP contribution in [0.5, 0.6) is 0 Å². The molecule has 15 heavy (non-hydrogen) atoms. The fourth-order valence-electron chi connectivity index (χ4n) is 2.41. The monoisotopic (exact) mass is 218 g/mol. The van der Waals surface area contributed by atoms with Crippen LogP contribution in [0.1, 0.15) is 55.1 Å². The average molecular weight is 218 g/mol. The predicted octanol–water partition coefficient (Wildman–Crippen LogP) is 3.36. The quantitative estimate of drug-likeness (QED) is 0.763. The lowest BCUT2D eigenvalue weighted by Gasteiger charge is -2.04. The van der Waals surface area contributed by atoms with Crippen molar-refractivity contribution < 1.29 is 0 Å². The molecule has 2 aliphatic rings. The van der Waals surface area contributed by atoms with E-state index < -0.39 is 0 Å². The highest BCUT2D eigenvalue weighted by molar-refractivity contribution is 7.09. The largest absolute Gasteiger partial charge is 0.244 e. The summed E-state index contributed by atoms with van der Waals surface area (Å²) in [6.45, 7) is 0. The van der Waals surface area contributed by atoms with Gasteiger partial charge in [0.1, 0.15) is 10.4 Å². The fourth-order valence-corrected chi connectivity index (χ4v) is 3.52. The zero-order valence-electron chi connectivity index (χ0n) is 8.70. The van der Waals surface area contributed by atoms with Crippen LogP contribution in [0.4, 0.5) is 0 Å². The molecule has 0 aromatic carbocycles. The highest BCUT2D eigenvalue weighted by Gasteiger charge is 2.47. The number of aromatic nitrogens is 1. The molecule has 1 aromatic rings. The van der Waals surface area contributed by atoms with Gasteiger partial charge >= 0.3 is 0 Å². The van der Waals surface area contributed by atoms with E-state index in [9.17, 15) is 0 Å². The molecule has 1 heterocycles. The van der Waals surface area contributed by atoms with E-state index in [0.29, 0.717) is 5.92 Å². The van der Waals surface area contributed by atoms with Crippen LogP contribution in [0.3, 0.4) is 0 Å². The van der Waals surface area contributed by atoms with E-state index in [2.05, 4.69) is 11.4 Å². The molecule has 0 spiro atoms. The lowest BCUT2D eigenvalue weighted by molar-refractivity contribution is 0.695.